The minimum atomic E-state index is -0.113. The van der Waals surface area contributed by atoms with E-state index < -0.39 is 0 Å². The molecule has 0 amide bonds. The number of methoxy groups -OCH3 is 1. The van der Waals surface area contributed by atoms with Crippen LogP contribution in [0.1, 0.15) is 38.2 Å². The Labute approximate surface area is 115 Å². The molecule has 1 heterocycles. The van der Waals surface area contributed by atoms with Gasteiger partial charge in [0.25, 0.3) is 0 Å². The van der Waals surface area contributed by atoms with E-state index in [9.17, 15) is 5.11 Å². The Hall–Kier alpha value is -1.13. The van der Waals surface area contributed by atoms with Crippen LogP contribution >= 0.6 is 0 Å². The highest BCUT2D eigenvalue weighted by Crippen LogP contribution is 2.32. The molecule has 4 nitrogen and oxygen atoms in total. The first-order valence-corrected chi connectivity index (χ1v) is 7.02. The normalized spacial score (nSPS) is 27.2. The molecule has 0 radical (unpaired) electrons. The maximum absolute atomic E-state index is 9.72. The lowest BCUT2D eigenvalue weighted by Gasteiger charge is -2.39. The number of aliphatic hydroxyl groups is 1. The fourth-order valence-electron chi connectivity index (χ4n) is 2.95. The van der Waals surface area contributed by atoms with Crippen molar-refractivity contribution >= 4 is 0 Å². The van der Waals surface area contributed by atoms with E-state index in [0.717, 1.165) is 24.9 Å². The van der Waals surface area contributed by atoms with Crippen molar-refractivity contribution in [2.75, 3.05) is 13.7 Å². The van der Waals surface area contributed by atoms with E-state index in [1.165, 1.54) is 12.8 Å². The molecule has 106 valence electrons. The Balaban J connectivity index is 1.95. The molecule has 1 fully saturated rings. The van der Waals surface area contributed by atoms with E-state index in [1.807, 2.05) is 18.3 Å². The summed E-state index contributed by atoms with van der Waals surface area (Å²) in [5.74, 6) is 1.31. The molecule has 2 N–H and O–H groups in total. The van der Waals surface area contributed by atoms with Crippen LogP contribution in [0.4, 0.5) is 0 Å². The maximum atomic E-state index is 9.72. The predicted molar refractivity (Wildman–Crippen MR) is 75.1 cm³/mol. The molecule has 0 aromatic carbocycles. The van der Waals surface area contributed by atoms with Crippen LogP contribution in [0.15, 0.2) is 18.3 Å². The summed E-state index contributed by atoms with van der Waals surface area (Å²) in [6.45, 7) is 3.21. The smallest absolute Gasteiger partial charge is 0.212 e. The Bertz CT molecular complexity index is 394. The second-order valence-electron chi connectivity index (χ2n) is 5.70. The van der Waals surface area contributed by atoms with Crippen molar-refractivity contribution in [3.63, 3.8) is 0 Å². The zero-order chi connectivity index (χ0) is 13.7. The van der Waals surface area contributed by atoms with E-state index in [-0.39, 0.29) is 12.1 Å². The molecule has 2 unspecified atom stereocenters. The Morgan fingerprint density at radius 1 is 1.53 bits per heavy atom. The molecule has 1 saturated carbocycles. The van der Waals surface area contributed by atoms with E-state index in [4.69, 9.17) is 4.74 Å². The molecule has 1 aliphatic rings. The number of aromatic nitrogens is 1. The lowest BCUT2D eigenvalue weighted by atomic mass is 9.77. The number of rotatable bonds is 5. The van der Waals surface area contributed by atoms with Gasteiger partial charge >= 0.3 is 0 Å². The maximum Gasteiger partial charge on any atom is 0.212 e. The van der Waals surface area contributed by atoms with Gasteiger partial charge in [-0.3, -0.25) is 0 Å². The minimum absolute atomic E-state index is 0.113. The van der Waals surface area contributed by atoms with Gasteiger partial charge < -0.3 is 15.2 Å². The van der Waals surface area contributed by atoms with Crippen molar-refractivity contribution in [2.24, 2.45) is 5.92 Å². The summed E-state index contributed by atoms with van der Waals surface area (Å²) in [5.41, 5.74) is 1.00. The molecule has 0 bridgehead atoms. The molecule has 0 aliphatic heterocycles. The van der Waals surface area contributed by atoms with Crippen LogP contribution in [0.3, 0.4) is 0 Å². The van der Waals surface area contributed by atoms with Gasteiger partial charge in [0.05, 0.1) is 13.7 Å². The van der Waals surface area contributed by atoms with Crippen molar-refractivity contribution in [3.8, 4) is 5.88 Å². The highest BCUT2D eigenvalue weighted by Gasteiger charge is 2.33. The van der Waals surface area contributed by atoms with Crippen molar-refractivity contribution in [1.29, 1.82) is 0 Å². The highest BCUT2D eigenvalue weighted by atomic mass is 16.5. The lowest BCUT2D eigenvalue weighted by Crippen LogP contribution is -2.51. The molecular formula is C15H24N2O2. The topological polar surface area (TPSA) is 54.4 Å². The van der Waals surface area contributed by atoms with E-state index in [1.54, 1.807) is 7.11 Å². The summed E-state index contributed by atoms with van der Waals surface area (Å²) >= 11 is 0. The number of ether oxygens (including phenoxy) is 1. The predicted octanol–water partition coefficient (Wildman–Crippen LogP) is 2.12. The zero-order valence-corrected chi connectivity index (χ0v) is 11.9. The first kappa shape index (κ1) is 14.3. The fraction of sp³-hybridized carbons (Fsp3) is 0.667. The summed E-state index contributed by atoms with van der Waals surface area (Å²) in [6.07, 6.45) is 6.39. The summed E-state index contributed by atoms with van der Waals surface area (Å²) in [6, 6.07) is 3.88. The summed E-state index contributed by atoms with van der Waals surface area (Å²) < 4.78 is 5.05. The molecule has 2 rings (SSSR count). The fourth-order valence-corrected chi connectivity index (χ4v) is 2.95. The third-order valence-corrected chi connectivity index (χ3v) is 4.07. The van der Waals surface area contributed by atoms with E-state index in [0.29, 0.717) is 11.8 Å². The van der Waals surface area contributed by atoms with Crippen LogP contribution in [0.5, 0.6) is 5.88 Å². The average molecular weight is 264 g/mol. The van der Waals surface area contributed by atoms with Gasteiger partial charge in [-0.15, -0.1) is 0 Å². The van der Waals surface area contributed by atoms with Gasteiger partial charge in [-0.2, -0.15) is 0 Å². The van der Waals surface area contributed by atoms with Crippen molar-refractivity contribution in [3.05, 3.63) is 23.9 Å². The molecule has 1 aliphatic carbocycles. The number of nitrogens with zero attached hydrogens (tertiary/aromatic N) is 1. The van der Waals surface area contributed by atoms with Crippen LogP contribution in [0.2, 0.25) is 0 Å². The third kappa shape index (κ3) is 3.67. The van der Waals surface area contributed by atoms with Gasteiger partial charge in [0.1, 0.15) is 0 Å². The quantitative estimate of drug-likeness (QED) is 0.855. The lowest BCUT2D eigenvalue weighted by molar-refractivity contribution is 0.0982. The molecule has 1 aromatic rings. The summed E-state index contributed by atoms with van der Waals surface area (Å²) in [4.78, 5) is 4.20. The molecule has 0 saturated heterocycles. The minimum Gasteiger partial charge on any atom is -0.481 e. The molecule has 0 spiro atoms. The van der Waals surface area contributed by atoms with Gasteiger partial charge in [-0.05, 0) is 24.3 Å². The zero-order valence-electron chi connectivity index (χ0n) is 11.9. The summed E-state index contributed by atoms with van der Waals surface area (Å²) in [7, 11) is 1.62. The van der Waals surface area contributed by atoms with Crippen LogP contribution in [0.25, 0.3) is 0 Å². The number of hydrogen-bond donors (Lipinski definition) is 2. The van der Waals surface area contributed by atoms with Crippen LogP contribution in [0, 0.1) is 5.92 Å². The molecule has 19 heavy (non-hydrogen) atoms. The molecule has 1 aromatic heterocycles. The number of pyridine rings is 1. The molecule has 2 atom stereocenters. The van der Waals surface area contributed by atoms with Gasteiger partial charge in [0.2, 0.25) is 5.88 Å². The Kier molecular flexibility index (Phi) is 4.77. The number of nitrogens with one attached hydrogen (secondary N) is 1. The van der Waals surface area contributed by atoms with Crippen LogP contribution < -0.4 is 10.1 Å². The van der Waals surface area contributed by atoms with Gasteiger partial charge in [0.15, 0.2) is 0 Å². The Morgan fingerprint density at radius 2 is 2.37 bits per heavy atom. The van der Waals surface area contributed by atoms with Gasteiger partial charge in [-0.25, -0.2) is 4.98 Å². The number of aliphatic hydroxyl groups excluding tert-OH is 1. The standard InChI is InChI=1S/C15H24N2O2/c1-12-4-3-7-15(8-12,11-18)17-10-13-5-6-14(19-2)16-9-13/h5-6,9,12,17-18H,3-4,7-8,10-11H2,1-2H3. The van der Waals surface area contributed by atoms with Crippen molar-refractivity contribution < 1.29 is 9.84 Å². The van der Waals surface area contributed by atoms with Gasteiger partial charge in [-0.1, -0.05) is 25.8 Å². The van der Waals surface area contributed by atoms with Crippen molar-refractivity contribution in [2.45, 2.75) is 44.7 Å². The molecular weight excluding hydrogens is 240 g/mol. The van der Waals surface area contributed by atoms with Gasteiger partial charge in [0, 0.05) is 24.3 Å². The Morgan fingerprint density at radius 3 is 2.95 bits per heavy atom. The third-order valence-electron chi connectivity index (χ3n) is 4.07. The number of hydrogen-bond acceptors (Lipinski definition) is 4. The summed E-state index contributed by atoms with van der Waals surface area (Å²) in [5, 5.41) is 13.3. The largest absolute Gasteiger partial charge is 0.481 e. The van der Waals surface area contributed by atoms with Crippen LogP contribution in [-0.2, 0) is 6.54 Å². The SMILES string of the molecule is COc1ccc(CNC2(CO)CCCC(C)C2)cn1. The second kappa shape index (κ2) is 6.35. The van der Waals surface area contributed by atoms with Crippen molar-refractivity contribution in [1.82, 2.24) is 10.3 Å². The highest BCUT2D eigenvalue weighted by molar-refractivity contribution is 5.17. The first-order valence-electron chi connectivity index (χ1n) is 7.02. The second-order valence-corrected chi connectivity index (χ2v) is 5.70. The first-order chi connectivity index (χ1) is 9.17. The van der Waals surface area contributed by atoms with E-state index in [2.05, 4.69) is 17.2 Å². The van der Waals surface area contributed by atoms with Crippen LogP contribution in [-0.4, -0.2) is 29.3 Å². The average Bonchev–Trinajstić information content (AvgIpc) is 2.46. The monoisotopic (exact) mass is 264 g/mol. The molecule has 4 heteroatoms. The van der Waals surface area contributed by atoms with E-state index >= 15 is 0 Å².